The van der Waals surface area contributed by atoms with Crippen molar-refractivity contribution in [2.24, 2.45) is 0 Å². The van der Waals surface area contributed by atoms with Crippen molar-refractivity contribution in [2.75, 3.05) is 6.54 Å². The summed E-state index contributed by atoms with van der Waals surface area (Å²) in [6.07, 6.45) is 2.64. The molecule has 2 atom stereocenters. The lowest BCUT2D eigenvalue weighted by atomic mass is 10.0. The van der Waals surface area contributed by atoms with Gasteiger partial charge in [0.15, 0.2) is 5.76 Å². The molecule has 0 bridgehead atoms. The SMILES string of the molecule is CC1NCCC1c1nc(-c2ccco2)no1. The van der Waals surface area contributed by atoms with E-state index in [1.165, 1.54) is 0 Å². The van der Waals surface area contributed by atoms with E-state index in [1.54, 1.807) is 6.26 Å². The van der Waals surface area contributed by atoms with Gasteiger partial charge in [-0.15, -0.1) is 0 Å². The molecule has 0 amide bonds. The molecule has 3 rings (SSSR count). The molecule has 1 aliphatic rings. The summed E-state index contributed by atoms with van der Waals surface area (Å²) in [5.41, 5.74) is 0. The minimum Gasteiger partial charge on any atom is -0.461 e. The van der Waals surface area contributed by atoms with E-state index in [4.69, 9.17) is 8.94 Å². The van der Waals surface area contributed by atoms with Gasteiger partial charge in [-0.2, -0.15) is 4.98 Å². The van der Waals surface area contributed by atoms with Gasteiger partial charge in [-0.05, 0) is 32.0 Å². The van der Waals surface area contributed by atoms with Gasteiger partial charge in [0.1, 0.15) is 0 Å². The molecule has 1 saturated heterocycles. The molecule has 1 fully saturated rings. The molecule has 0 spiro atoms. The van der Waals surface area contributed by atoms with E-state index >= 15 is 0 Å². The van der Waals surface area contributed by atoms with E-state index in [-0.39, 0.29) is 0 Å². The summed E-state index contributed by atoms with van der Waals surface area (Å²) in [6, 6.07) is 4.03. The quantitative estimate of drug-likeness (QED) is 0.834. The third-order valence-corrected chi connectivity index (χ3v) is 3.03. The van der Waals surface area contributed by atoms with Gasteiger partial charge in [0.05, 0.1) is 12.2 Å². The number of hydrogen-bond donors (Lipinski definition) is 1. The van der Waals surface area contributed by atoms with Crippen LogP contribution >= 0.6 is 0 Å². The van der Waals surface area contributed by atoms with Crippen LogP contribution in [0.4, 0.5) is 0 Å². The molecule has 84 valence electrons. The average Bonchev–Trinajstić information content (AvgIpc) is 2.96. The molecule has 0 radical (unpaired) electrons. The minimum absolute atomic E-state index is 0.316. The van der Waals surface area contributed by atoms with Gasteiger partial charge in [-0.25, -0.2) is 0 Å². The number of nitrogens with zero attached hydrogens (tertiary/aromatic N) is 2. The maximum Gasteiger partial charge on any atom is 0.238 e. The van der Waals surface area contributed by atoms with Crippen LogP contribution in [0, 0.1) is 0 Å². The fourth-order valence-corrected chi connectivity index (χ4v) is 2.09. The number of nitrogens with one attached hydrogen (secondary N) is 1. The molecule has 0 aromatic carbocycles. The van der Waals surface area contributed by atoms with Crippen molar-refractivity contribution in [3.63, 3.8) is 0 Å². The second kappa shape index (κ2) is 3.75. The Kier molecular flexibility index (Phi) is 2.25. The Morgan fingerprint density at radius 1 is 1.50 bits per heavy atom. The monoisotopic (exact) mass is 219 g/mol. The Morgan fingerprint density at radius 2 is 2.44 bits per heavy atom. The highest BCUT2D eigenvalue weighted by Gasteiger charge is 2.29. The summed E-state index contributed by atoms with van der Waals surface area (Å²) in [5, 5.41) is 7.29. The molecule has 5 heteroatoms. The highest BCUT2D eigenvalue weighted by molar-refractivity contribution is 5.44. The number of aromatic nitrogens is 2. The Labute approximate surface area is 92.8 Å². The molecule has 16 heavy (non-hydrogen) atoms. The van der Waals surface area contributed by atoms with Gasteiger partial charge in [0.2, 0.25) is 11.7 Å². The Bertz CT molecular complexity index is 463. The molecular formula is C11H13N3O2. The molecule has 5 nitrogen and oxygen atoms in total. The summed E-state index contributed by atoms with van der Waals surface area (Å²) in [5.74, 6) is 2.19. The maximum atomic E-state index is 5.28. The highest BCUT2D eigenvalue weighted by Crippen LogP contribution is 2.27. The van der Waals surface area contributed by atoms with Crippen LogP contribution < -0.4 is 5.32 Å². The second-order valence-electron chi connectivity index (χ2n) is 4.07. The Hall–Kier alpha value is -1.62. The number of hydrogen-bond acceptors (Lipinski definition) is 5. The molecule has 1 aliphatic heterocycles. The van der Waals surface area contributed by atoms with E-state index in [0.29, 0.717) is 29.4 Å². The molecule has 2 aromatic heterocycles. The summed E-state index contributed by atoms with van der Waals surface area (Å²) < 4.78 is 10.5. The lowest BCUT2D eigenvalue weighted by Gasteiger charge is -2.08. The van der Waals surface area contributed by atoms with Gasteiger partial charge < -0.3 is 14.3 Å². The van der Waals surface area contributed by atoms with Gasteiger partial charge in [-0.1, -0.05) is 5.16 Å². The Balaban J connectivity index is 1.88. The first-order chi connectivity index (χ1) is 7.84. The fraction of sp³-hybridized carbons (Fsp3) is 0.455. The zero-order chi connectivity index (χ0) is 11.0. The first-order valence-electron chi connectivity index (χ1n) is 5.45. The summed E-state index contributed by atoms with van der Waals surface area (Å²) in [6.45, 7) is 3.14. The molecule has 0 aliphatic carbocycles. The van der Waals surface area contributed by atoms with Crippen molar-refractivity contribution in [1.82, 2.24) is 15.5 Å². The molecule has 3 heterocycles. The molecule has 2 unspecified atom stereocenters. The summed E-state index contributed by atoms with van der Waals surface area (Å²) in [7, 11) is 0. The third-order valence-electron chi connectivity index (χ3n) is 3.03. The largest absolute Gasteiger partial charge is 0.461 e. The van der Waals surface area contributed by atoms with Crippen molar-refractivity contribution >= 4 is 0 Å². The predicted molar refractivity (Wildman–Crippen MR) is 56.8 cm³/mol. The van der Waals surface area contributed by atoms with Crippen molar-refractivity contribution in [3.05, 3.63) is 24.3 Å². The van der Waals surface area contributed by atoms with Crippen molar-refractivity contribution < 1.29 is 8.94 Å². The number of furan rings is 1. The van der Waals surface area contributed by atoms with Crippen LogP contribution in [0.1, 0.15) is 25.2 Å². The van der Waals surface area contributed by atoms with Crippen LogP contribution in [0.3, 0.4) is 0 Å². The smallest absolute Gasteiger partial charge is 0.238 e. The van der Waals surface area contributed by atoms with Crippen molar-refractivity contribution in [3.8, 4) is 11.6 Å². The standard InChI is InChI=1S/C11H13N3O2/c1-7-8(4-5-12-7)11-13-10(14-16-11)9-3-2-6-15-9/h2-3,6-8,12H,4-5H2,1H3. The zero-order valence-corrected chi connectivity index (χ0v) is 9.01. The van der Waals surface area contributed by atoms with Gasteiger partial charge >= 0.3 is 0 Å². The topological polar surface area (TPSA) is 64.1 Å². The summed E-state index contributed by atoms with van der Waals surface area (Å²) in [4.78, 5) is 4.37. The van der Waals surface area contributed by atoms with E-state index < -0.39 is 0 Å². The van der Waals surface area contributed by atoms with Gasteiger partial charge in [0, 0.05) is 6.04 Å². The van der Waals surface area contributed by atoms with Crippen LogP contribution in [0.15, 0.2) is 27.3 Å². The van der Waals surface area contributed by atoms with Gasteiger partial charge in [0.25, 0.3) is 0 Å². The zero-order valence-electron chi connectivity index (χ0n) is 9.01. The van der Waals surface area contributed by atoms with Crippen molar-refractivity contribution in [1.29, 1.82) is 0 Å². The first kappa shape index (κ1) is 9.59. The van der Waals surface area contributed by atoms with E-state index in [1.807, 2.05) is 12.1 Å². The van der Waals surface area contributed by atoms with Crippen LogP contribution in [-0.2, 0) is 0 Å². The lowest BCUT2D eigenvalue weighted by molar-refractivity contribution is 0.344. The van der Waals surface area contributed by atoms with E-state index in [2.05, 4.69) is 22.4 Å². The highest BCUT2D eigenvalue weighted by atomic mass is 16.5. The Morgan fingerprint density at radius 3 is 3.12 bits per heavy atom. The third kappa shape index (κ3) is 1.53. The van der Waals surface area contributed by atoms with Crippen molar-refractivity contribution in [2.45, 2.75) is 25.3 Å². The fourth-order valence-electron chi connectivity index (χ4n) is 2.09. The normalized spacial score (nSPS) is 25.1. The van der Waals surface area contributed by atoms with Crippen LogP contribution in [-0.4, -0.2) is 22.7 Å². The molecule has 0 saturated carbocycles. The molecular weight excluding hydrogens is 206 g/mol. The average molecular weight is 219 g/mol. The lowest BCUT2D eigenvalue weighted by Crippen LogP contribution is -2.21. The predicted octanol–water partition coefficient (Wildman–Crippen LogP) is 1.79. The van der Waals surface area contributed by atoms with E-state index in [0.717, 1.165) is 13.0 Å². The molecule has 2 aromatic rings. The molecule has 1 N–H and O–H groups in total. The first-order valence-corrected chi connectivity index (χ1v) is 5.45. The van der Waals surface area contributed by atoms with Crippen LogP contribution in [0.2, 0.25) is 0 Å². The van der Waals surface area contributed by atoms with E-state index in [9.17, 15) is 0 Å². The van der Waals surface area contributed by atoms with Crippen LogP contribution in [0.25, 0.3) is 11.6 Å². The summed E-state index contributed by atoms with van der Waals surface area (Å²) >= 11 is 0. The van der Waals surface area contributed by atoms with Gasteiger partial charge in [-0.3, -0.25) is 0 Å². The number of rotatable bonds is 2. The van der Waals surface area contributed by atoms with Crippen LogP contribution in [0.5, 0.6) is 0 Å². The second-order valence-corrected chi connectivity index (χ2v) is 4.07. The minimum atomic E-state index is 0.316. The maximum absolute atomic E-state index is 5.28.